The molecule has 36 heavy (non-hydrogen) atoms. The van der Waals surface area contributed by atoms with E-state index in [0.29, 0.717) is 32.0 Å². The SMILES string of the molecule is CN(C)C(=O)Oc1cc(OCCOc2cc(OC(=O)N(C)C)cc([N+](C)(C)C)c2)cc([N+](C)(C)C)c1. The first-order valence-corrected chi connectivity index (χ1v) is 11.5. The maximum Gasteiger partial charge on any atom is 0.414 e. The van der Waals surface area contributed by atoms with E-state index >= 15 is 0 Å². The molecule has 0 radical (unpaired) electrons. The molecule has 0 unspecified atom stereocenters. The Labute approximate surface area is 214 Å². The zero-order chi connectivity index (χ0) is 27.3. The van der Waals surface area contributed by atoms with Crippen molar-refractivity contribution in [2.75, 3.05) is 83.7 Å². The average molecular weight is 505 g/mol. The second kappa shape index (κ2) is 11.5. The number of rotatable bonds is 9. The quantitative estimate of drug-likeness (QED) is 0.383. The first-order chi connectivity index (χ1) is 16.6. The highest BCUT2D eigenvalue weighted by Gasteiger charge is 2.19. The molecule has 0 aromatic heterocycles. The van der Waals surface area contributed by atoms with Crippen LogP contribution in [0.2, 0.25) is 0 Å². The first-order valence-electron chi connectivity index (χ1n) is 11.5. The second-order valence-electron chi connectivity index (χ2n) is 10.6. The molecule has 198 valence electrons. The van der Waals surface area contributed by atoms with Crippen LogP contribution in [0.3, 0.4) is 0 Å². The van der Waals surface area contributed by atoms with Gasteiger partial charge in [0.25, 0.3) is 0 Å². The fraction of sp³-hybridized carbons (Fsp3) is 0.462. The van der Waals surface area contributed by atoms with Gasteiger partial charge in [0.2, 0.25) is 0 Å². The predicted molar refractivity (Wildman–Crippen MR) is 142 cm³/mol. The molecule has 0 atom stereocenters. The van der Waals surface area contributed by atoms with Crippen molar-refractivity contribution in [3.63, 3.8) is 0 Å². The summed E-state index contributed by atoms with van der Waals surface area (Å²) in [4.78, 5) is 26.8. The molecule has 0 bridgehead atoms. The minimum atomic E-state index is -0.467. The second-order valence-corrected chi connectivity index (χ2v) is 10.6. The third-order valence-electron chi connectivity index (χ3n) is 5.04. The molecule has 0 N–H and O–H groups in total. The van der Waals surface area contributed by atoms with Gasteiger partial charge < -0.3 is 28.7 Å². The summed E-state index contributed by atoms with van der Waals surface area (Å²) in [6.45, 7) is 0.506. The van der Waals surface area contributed by atoms with E-state index in [1.54, 1.807) is 40.3 Å². The van der Waals surface area contributed by atoms with Crippen LogP contribution in [0.4, 0.5) is 21.0 Å². The molecule has 2 aromatic carbocycles. The van der Waals surface area contributed by atoms with E-state index < -0.39 is 12.2 Å². The van der Waals surface area contributed by atoms with Crippen molar-refractivity contribution >= 4 is 23.6 Å². The van der Waals surface area contributed by atoms with Crippen molar-refractivity contribution in [2.24, 2.45) is 0 Å². The monoisotopic (exact) mass is 504 g/mol. The normalized spacial score (nSPS) is 11.5. The van der Waals surface area contributed by atoms with E-state index in [2.05, 4.69) is 0 Å². The standard InChI is InChI=1S/C26H40N4O6/c1-27(2)25(31)35-23-15-19(29(5,6)7)13-21(17-23)33-11-12-34-22-14-20(30(8,9)10)16-24(18-22)36-26(32)28(3)4/h13-18H,11-12H2,1-10H3/q+2. The molecule has 10 nitrogen and oxygen atoms in total. The van der Waals surface area contributed by atoms with Gasteiger partial charge in [0.1, 0.15) is 47.6 Å². The predicted octanol–water partition coefficient (Wildman–Crippen LogP) is 3.66. The van der Waals surface area contributed by atoms with Gasteiger partial charge in [0.15, 0.2) is 0 Å². The van der Waals surface area contributed by atoms with Crippen molar-refractivity contribution in [3.05, 3.63) is 36.4 Å². The van der Waals surface area contributed by atoms with Crippen molar-refractivity contribution in [2.45, 2.75) is 0 Å². The fourth-order valence-electron chi connectivity index (χ4n) is 2.88. The van der Waals surface area contributed by atoms with Crippen LogP contribution in [0.25, 0.3) is 0 Å². The van der Waals surface area contributed by atoms with Crippen molar-refractivity contribution in [1.82, 2.24) is 18.8 Å². The van der Waals surface area contributed by atoms with Gasteiger partial charge in [-0.1, -0.05) is 0 Å². The lowest BCUT2D eigenvalue weighted by molar-refractivity contribution is 0.170. The summed E-state index contributed by atoms with van der Waals surface area (Å²) in [5.74, 6) is 1.93. The number of hydrogen-bond acceptors (Lipinski definition) is 6. The van der Waals surface area contributed by atoms with Crippen LogP contribution in [0.1, 0.15) is 0 Å². The van der Waals surface area contributed by atoms with Crippen molar-refractivity contribution < 1.29 is 28.5 Å². The number of ether oxygens (including phenoxy) is 4. The maximum absolute atomic E-state index is 12.0. The summed E-state index contributed by atoms with van der Waals surface area (Å²) < 4.78 is 23.8. The Morgan fingerprint density at radius 1 is 0.583 bits per heavy atom. The summed E-state index contributed by atoms with van der Waals surface area (Å²) >= 11 is 0. The molecular weight excluding hydrogens is 464 g/mol. The minimum absolute atomic E-state index is 0.253. The molecular formula is C26H40N4O6+2. The Morgan fingerprint density at radius 3 is 1.17 bits per heavy atom. The molecule has 0 heterocycles. The smallest absolute Gasteiger partial charge is 0.414 e. The summed E-state index contributed by atoms with van der Waals surface area (Å²) in [6, 6.07) is 10.8. The van der Waals surface area contributed by atoms with Crippen LogP contribution in [-0.4, -0.2) is 106 Å². The lowest BCUT2D eigenvalue weighted by Crippen LogP contribution is -2.35. The molecule has 10 heteroatoms. The fourth-order valence-corrected chi connectivity index (χ4v) is 2.88. The Balaban J connectivity index is 2.14. The Hall–Kier alpha value is -3.50. The highest BCUT2D eigenvalue weighted by atomic mass is 16.6. The van der Waals surface area contributed by atoms with Crippen LogP contribution >= 0.6 is 0 Å². The third-order valence-corrected chi connectivity index (χ3v) is 5.04. The molecule has 0 aliphatic heterocycles. The topological polar surface area (TPSA) is 77.5 Å². The highest BCUT2D eigenvalue weighted by molar-refractivity contribution is 5.71. The zero-order valence-corrected chi connectivity index (χ0v) is 23.1. The first kappa shape index (κ1) is 28.7. The summed E-state index contributed by atoms with van der Waals surface area (Å²) in [5.41, 5.74) is 1.83. The van der Waals surface area contributed by atoms with E-state index in [0.717, 1.165) is 11.4 Å². The van der Waals surface area contributed by atoms with Gasteiger partial charge in [-0.05, 0) is 0 Å². The van der Waals surface area contributed by atoms with E-state index in [1.807, 2.05) is 66.6 Å². The summed E-state index contributed by atoms with van der Waals surface area (Å²) in [7, 11) is 18.6. The van der Waals surface area contributed by atoms with Gasteiger partial charge in [0, 0.05) is 64.6 Å². The van der Waals surface area contributed by atoms with E-state index in [-0.39, 0.29) is 13.2 Å². The van der Waals surface area contributed by atoms with Crippen LogP contribution in [0.5, 0.6) is 23.0 Å². The molecule has 2 aromatic rings. The third kappa shape index (κ3) is 8.62. The van der Waals surface area contributed by atoms with Crippen LogP contribution < -0.4 is 27.9 Å². The van der Waals surface area contributed by atoms with Crippen LogP contribution in [0.15, 0.2) is 36.4 Å². The molecule has 0 spiro atoms. The Kier molecular flexibility index (Phi) is 9.17. The van der Waals surface area contributed by atoms with Gasteiger partial charge >= 0.3 is 12.2 Å². The molecule has 0 aliphatic rings. The van der Waals surface area contributed by atoms with Crippen LogP contribution in [-0.2, 0) is 0 Å². The van der Waals surface area contributed by atoms with E-state index in [4.69, 9.17) is 18.9 Å². The number of nitrogens with zero attached hydrogens (tertiary/aromatic N) is 4. The van der Waals surface area contributed by atoms with Gasteiger partial charge in [-0.2, -0.15) is 0 Å². The van der Waals surface area contributed by atoms with Crippen molar-refractivity contribution in [1.29, 1.82) is 0 Å². The average Bonchev–Trinajstić information content (AvgIpc) is 2.75. The largest absolute Gasteiger partial charge is 0.490 e. The van der Waals surface area contributed by atoms with Crippen molar-refractivity contribution in [3.8, 4) is 23.0 Å². The number of carbonyl (C=O) groups is 2. The number of hydrogen-bond donors (Lipinski definition) is 0. The number of carbonyl (C=O) groups excluding carboxylic acids is 2. The number of amides is 2. The Morgan fingerprint density at radius 2 is 0.889 bits per heavy atom. The highest BCUT2D eigenvalue weighted by Crippen LogP contribution is 2.32. The summed E-state index contributed by atoms with van der Waals surface area (Å²) in [6.07, 6.45) is -0.934. The van der Waals surface area contributed by atoms with E-state index in [1.165, 1.54) is 9.80 Å². The number of benzene rings is 2. The molecule has 2 amide bonds. The van der Waals surface area contributed by atoms with Gasteiger partial charge in [0.05, 0.1) is 42.3 Å². The zero-order valence-electron chi connectivity index (χ0n) is 23.1. The minimum Gasteiger partial charge on any atom is -0.490 e. The van der Waals surface area contributed by atoms with E-state index in [9.17, 15) is 9.59 Å². The maximum atomic E-state index is 12.0. The molecule has 0 aliphatic carbocycles. The number of quaternary nitrogens is 2. The molecule has 0 saturated carbocycles. The molecule has 0 saturated heterocycles. The summed E-state index contributed by atoms with van der Waals surface area (Å²) in [5, 5.41) is 0. The molecule has 0 fully saturated rings. The van der Waals surface area contributed by atoms with Gasteiger partial charge in [-0.15, -0.1) is 0 Å². The van der Waals surface area contributed by atoms with Gasteiger partial charge in [-0.3, -0.25) is 8.97 Å². The molecule has 2 rings (SSSR count). The van der Waals surface area contributed by atoms with Crippen LogP contribution in [0, 0.1) is 0 Å². The lowest BCUT2D eigenvalue weighted by Gasteiger charge is -2.25. The van der Waals surface area contributed by atoms with Gasteiger partial charge in [-0.25, -0.2) is 9.59 Å². The lowest BCUT2D eigenvalue weighted by atomic mass is 10.2. The Bertz CT molecular complexity index is 986.